The van der Waals surface area contributed by atoms with E-state index in [0.29, 0.717) is 0 Å². The third-order valence-corrected chi connectivity index (χ3v) is 5.38. The standard InChI is InChI=1S/C15H8Cl2N2O4S/c16-11-5-6-13(17)15(8-11)24(22,23)12(9-18)7-10-3-1-2-4-14(10)19(20)21/h1-8H. The van der Waals surface area contributed by atoms with Gasteiger partial charge in [-0.15, -0.1) is 0 Å². The molecule has 6 nitrogen and oxygen atoms in total. The van der Waals surface area contributed by atoms with Crippen molar-refractivity contribution in [3.8, 4) is 6.07 Å². The van der Waals surface area contributed by atoms with Crippen molar-refractivity contribution in [1.82, 2.24) is 0 Å². The fraction of sp³-hybridized carbons (Fsp3) is 0. The van der Waals surface area contributed by atoms with Crippen LogP contribution in [0.4, 0.5) is 5.69 Å². The molecular formula is C15H8Cl2N2O4S. The van der Waals surface area contributed by atoms with Crippen LogP contribution in [0.5, 0.6) is 0 Å². The highest BCUT2D eigenvalue weighted by Gasteiger charge is 2.25. The number of benzene rings is 2. The molecule has 0 fully saturated rings. The Morgan fingerprint density at radius 3 is 2.50 bits per heavy atom. The van der Waals surface area contributed by atoms with Crippen molar-refractivity contribution in [1.29, 1.82) is 5.26 Å². The minimum atomic E-state index is -4.28. The molecule has 0 saturated carbocycles. The van der Waals surface area contributed by atoms with Crippen molar-refractivity contribution < 1.29 is 13.3 Å². The summed E-state index contributed by atoms with van der Waals surface area (Å²) in [6.45, 7) is 0. The monoisotopic (exact) mass is 382 g/mol. The molecule has 2 rings (SSSR count). The second-order valence-corrected chi connectivity index (χ2v) is 7.24. The molecule has 0 saturated heterocycles. The van der Waals surface area contributed by atoms with Crippen LogP contribution in [0.15, 0.2) is 52.3 Å². The number of allylic oxidation sites excluding steroid dienone is 1. The molecule has 0 N–H and O–H groups in total. The summed E-state index contributed by atoms with van der Waals surface area (Å²) >= 11 is 11.7. The highest BCUT2D eigenvalue weighted by atomic mass is 35.5. The van der Waals surface area contributed by atoms with Crippen molar-refractivity contribution in [2.24, 2.45) is 0 Å². The largest absolute Gasteiger partial charge is 0.276 e. The Balaban J connectivity index is 2.66. The zero-order valence-electron chi connectivity index (χ0n) is 11.8. The number of nitro benzene ring substituents is 1. The summed E-state index contributed by atoms with van der Waals surface area (Å²) in [5, 5.41) is 20.3. The normalized spacial score (nSPS) is 11.8. The van der Waals surface area contributed by atoms with E-state index >= 15 is 0 Å². The fourth-order valence-electron chi connectivity index (χ4n) is 1.89. The molecule has 0 heterocycles. The number of para-hydroxylation sites is 1. The van der Waals surface area contributed by atoms with Gasteiger partial charge in [0.1, 0.15) is 11.0 Å². The van der Waals surface area contributed by atoms with Crippen LogP contribution in [0.1, 0.15) is 5.56 Å². The average Bonchev–Trinajstić information content (AvgIpc) is 2.54. The predicted octanol–water partition coefficient (Wildman–Crippen LogP) is 4.24. The zero-order chi connectivity index (χ0) is 17.9. The third kappa shape index (κ3) is 3.57. The van der Waals surface area contributed by atoms with E-state index in [1.54, 1.807) is 6.07 Å². The van der Waals surface area contributed by atoms with Gasteiger partial charge in [0.05, 0.1) is 20.4 Å². The summed E-state index contributed by atoms with van der Waals surface area (Å²) in [6, 6.07) is 10.8. The van der Waals surface area contributed by atoms with Crippen LogP contribution in [0.3, 0.4) is 0 Å². The lowest BCUT2D eigenvalue weighted by molar-refractivity contribution is -0.385. The molecule has 0 aliphatic heterocycles. The van der Waals surface area contributed by atoms with E-state index in [9.17, 15) is 23.8 Å². The molecule has 0 aliphatic rings. The molecule has 0 bridgehead atoms. The van der Waals surface area contributed by atoms with Gasteiger partial charge in [0.25, 0.3) is 5.69 Å². The first kappa shape index (κ1) is 17.9. The van der Waals surface area contributed by atoms with E-state index in [0.717, 1.165) is 12.1 Å². The third-order valence-electron chi connectivity index (χ3n) is 3.00. The molecule has 0 atom stereocenters. The Morgan fingerprint density at radius 2 is 1.88 bits per heavy atom. The Morgan fingerprint density at radius 1 is 1.21 bits per heavy atom. The zero-order valence-corrected chi connectivity index (χ0v) is 14.1. The molecule has 24 heavy (non-hydrogen) atoms. The highest BCUT2D eigenvalue weighted by Crippen LogP contribution is 2.31. The second kappa shape index (κ2) is 7.01. The maximum absolute atomic E-state index is 12.6. The summed E-state index contributed by atoms with van der Waals surface area (Å²) in [4.78, 5) is 9.32. The number of rotatable bonds is 4. The number of nitriles is 1. The van der Waals surface area contributed by atoms with Gasteiger partial charge in [-0.3, -0.25) is 10.1 Å². The lowest BCUT2D eigenvalue weighted by Gasteiger charge is -2.06. The smallest absolute Gasteiger partial charge is 0.258 e. The molecule has 0 radical (unpaired) electrons. The van der Waals surface area contributed by atoms with Crippen molar-refractivity contribution in [3.63, 3.8) is 0 Å². The van der Waals surface area contributed by atoms with Gasteiger partial charge in [-0.05, 0) is 30.3 Å². The Hall–Kier alpha value is -2.40. The van der Waals surface area contributed by atoms with E-state index < -0.39 is 19.7 Å². The summed E-state index contributed by atoms with van der Waals surface area (Å²) < 4.78 is 25.2. The molecule has 2 aromatic rings. The summed E-state index contributed by atoms with van der Waals surface area (Å²) in [6.07, 6.45) is 0.935. The fourth-order valence-corrected chi connectivity index (χ4v) is 3.79. The summed E-state index contributed by atoms with van der Waals surface area (Å²) in [7, 11) is -4.28. The maximum atomic E-state index is 12.6. The van der Waals surface area contributed by atoms with Crippen LogP contribution >= 0.6 is 23.2 Å². The number of nitro groups is 1. The van der Waals surface area contributed by atoms with Crippen molar-refractivity contribution in [2.45, 2.75) is 4.90 Å². The quantitative estimate of drug-likeness (QED) is 0.447. The molecule has 2 aromatic carbocycles. The summed E-state index contributed by atoms with van der Waals surface area (Å²) in [5.41, 5.74) is -0.335. The second-order valence-electron chi connectivity index (χ2n) is 4.51. The van der Waals surface area contributed by atoms with Gasteiger partial charge < -0.3 is 0 Å². The van der Waals surface area contributed by atoms with Crippen LogP contribution in [-0.4, -0.2) is 13.3 Å². The average molecular weight is 383 g/mol. The number of sulfone groups is 1. The first-order valence-corrected chi connectivity index (χ1v) is 8.56. The van der Waals surface area contributed by atoms with Gasteiger partial charge in [0.2, 0.25) is 9.84 Å². The van der Waals surface area contributed by atoms with Gasteiger partial charge in [0, 0.05) is 11.1 Å². The Bertz CT molecular complexity index is 995. The van der Waals surface area contributed by atoms with E-state index in [2.05, 4.69) is 0 Å². The molecular weight excluding hydrogens is 375 g/mol. The maximum Gasteiger partial charge on any atom is 0.276 e. The van der Waals surface area contributed by atoms with Gasteiger partial charge in [-0.25, -0.2) is 8.42 Å². The van der Waals surface area contributed by atoms with E-state index in [4.69, 9.17) is 23.2 Å². The number of halogens is 2. The first-order chi connectivity index (χ1) is 11.3. The van der Waals surface area contributed by atoms with Crippen molar-refractivity contribution in [3.05, 3.63) is 73.1 Å². The minimum Gasteiger partial charge on any atom is -0.258 e. The van der Waals surface area contributed by atoms with E-state index in [1.807, 2.05) is 0 Å². The highest BCUT2D eigenvalue weighted by molar-refractivity contribution is 7.95. The number of hydrogen-bond acceptors (Lipinski definition) is 5. The molecule has 0 aliphatic carbocycles. The van der Waals surface area contributed by atoms with Crippen LogP contribution < -0.4 is 0 Å². The predicted molar refractivity (Wildman–Crippen MR) is 90.3 cm³/mol. The Labute approximate surface area is 147 Å². The Kier molecular flexibility index (Phi) is 5.24. The van der Waals surface area contributed by atoms with Crippen LogP contribution in [0.2, 0.25) is 10.0 Å². The molecule has 9 heteroatoms. The van der Waals surface area contributed by atoms with Crippen LogP contribution in [-0.2, 0) is 9.84 Å². The minimum absolute atomic E-state index is 0.0132. The van der Waals surface area contributed by atoms with Gasteiger partial charge in [-0.1, -0.05) is 35.3 Å². The molecule has 0 spiro atoms. The molecule has 0 unspecified atom stereocenters. The van der Waals surface area contributed by atoms with E-state index in [-0.39, 0.29) is 26.2 Å². The lowest BCUT2D eigenvalue weighted by atomic mass is 10.1. The topological polar surface area (TPSA) is 101 Å². The van der Waals surface area contributed by atoms with Crippen molar-refractivity contribution in [2.75, 3.05) is 0 Å². The van der Waals surface area contributed by atoms with Gasteiger partial charge in [0.15, 0.2) is 0 Å². The molecule has 0 aromatic heterocycles. The van der Waals surface area contributed by atoms with Crippen LogP contribution in [0.25, 0.3) is 6.08 Å². The SMILES string of the molecule is N#CC(=Cc1ccccc1[N+](=O)[O-])S(=O)(=O)c1cc(Cl)ccc1Cl. The van der Waals surface area contributed by atoms with Crippen LogP contribution in [0, 0.1) is 21.4 Å². The molecule has 0 amide bonds. The number of hydrogen-bond donors (Lipinski definition) is 0. The molecule has 122 valence electrons. The number of nitrogens with zero attached hydrogens (tertiary/aromatic N) is 2. The summed E-state index contributed by atoms with van der Waals surface area (Å²) in [5.74, 6) is 0. The lowest BCUT2D eigenvalue weighted by Crippen LogP contribution is -2.05. The van der Waals surface area contributed by atoms with Crippen molar-refractivity contribution >= 4 is 44.8 Å². The van der Waals surface area contributed by atoms with Gasteiger partial charge >= 0.3 is 0 Å². The first-order valence-electron chi connectivity index (χ1n) is 6.32. The van der Waals surface area contributed by atoms with E-state index in [1.165, 1.54) is 36.4 Å². The van der Waals surface area contributed by atoms with Gasteiger partial charge in [-0.2, -0.15) is 5.26 Å².